The first kappa shape index (κ1) is 14.3. The van der Waals surface area contributed by atoms with Crippen molar-refractivity contribution in [3.05, 3.63) is 29.3 Å². The van der Waals surface area contributed by atoms with Gasteiger partial charge in [-0.1, -0.05) is 12.1 Å². The van der Waals surface area contributed by atoms with Gasteiger partial charge in [-0.05, 0) is 11.6 Å². The Kier molecular flexibility index (Phi) is 4.21. The first-order valence-electron chi connectivity index (χ1n) is 6.22. The van der Waals surface area contributed by atoms with Gasteiger partial charge in [0, 0.05) is 18.8 Å². The number of amides is 1. The van der Waals surface area contributed by atoms with E-state index < -0.39 is 17.9 Å². The Morgan fingerprint density at radius 3 is 2.85 bits per heavy atom. The van der Waals surface area contributed by atoms with E-state index in [2.05, 4.69) is 0 Å². The first-order chi connectivity index (χ1) is 9.50. The molecule has 0 aliphatic carbocycles. The van der Waals surface area contributed by atoms with E-state index in [0.29, 0.717) is 25.3 Å². The maximum absolute atomic E-state index is 11.4. The van der Waals surface area contributed by atoms with E-state index in [9.17, 15) is 14.7 Å². The molecule has 0 saturated carbocycles. The summed E-state index contributed by atoms with van der Waals surface area (Å²) in [4.78, 5) is 24.5. The molecular formula is C13H17N3O4. The number of aromatic carboxylic acids is 1. The zero-order valence-corrected chi connectivity index (χ0v) is 10.9. The molecule has 1 aliphatic rings. The molecule has 0 bridgehead atoms. The standard InChI is InChI=1S/C13H17N3O4/c14-9-3-1-2-8(11(9)13(18)19)6-16-4-5-20-7-10(16)12(15)17/h1-3,10H,4-7,14H2,(H2,15,17)(H,18,19). The first-order valence-corrected chi connectivity index (χ1v) is 6.22. The lowest BCUT2D eigenvalue weighted by Crippen LogP contribution is -2.52. The number of nitrogens with two attached hydrogens (primary N) is 2. The molecule has 1 unspecified atom stereocenters. The second kappa shape index (κ2) is 5.89. The average Bonchev–Trinajstić information content (AvgIpc) is 2.38. The summed E-state index contributed by atoms with van der Waals surface area (Å²) in [6, 6.07) is 4.37. The molecule has 1 aliphatic heterocycles. The van der Waals surface area contributed by atoms with Gasteiger partial charge in [-0.3, -0.25) is 9.69 Å². The SMILES string of the molecule is NC(=O)C1COCCN1Cc1cccc(N)c1C(=O)O. The number of rotatable bonds is 4. The van der Waals surface area contributed by atoms with E-state index in [1.807, 2.05) is 4.90 Å². The van der Waals surface area contributed by atoms with Gasteiger partial charge in [0.15, 0.2) is 0 Å². The van der Waals surface area contributed by atoms with E-state index >= 15 is 0 Å². The zero-order valence-electron chi connectivity index (χ0n) is 10.9. The fourth-order valence-electron chi connectivity index (χ4n) is 2.32. The predicted molar refractivity (Wildman–Crippen MR) is 72.0 cm³/mol. The van der Waals surface area contributed by atoms with Crippen LogP contribution in [0.1, 0.15) is 15.9 Å². The van der Waals surface area contributed by atoms with Crippen LogP contribution in [-0.4, -0.2) is 47.7 Å². The number of primary amides is 1. The van der Waals surface area contributed by atoms with Gasteiger partial charge in [0.05, 0.1) is 18.8 Å². The Morgan fingerprint density at radius 1 is 1.45 bits per heavy atom. The number of carboxylic acid groups (broad SMARTS) is 1. The normalized spacial score (nSPS) is 19.7. The number of nitrogen functional groups attached to an aromatic ring is 1. The van der Waals surface area contributed by atoms with Gasteiger partial charge in [0.2, 0.25) is 5.91 Å². The van der Waals surface area contributed by atoms with E-state index in [4.69, 9.17) is 16.2 Å². The largest absolute Gasteiger partial charge is 0.478 e. The van der Waals surface area contributed by atoms with Crippen LogP contribution in [0.2, 0.25) is 0 Å². The molecule has 2 rings (SSSR count). The summed E-state index contributed by atoms with van der Waals surface area (Å²) in [6.07, 6.45) is 0. The summed E-state index contributed by atoms with van der Waals surface area (Å²) < 4.78 is 5.23. The molecule has 5 N–H and O–H groups in total. The fraction of sp³-hybridized carbons (Fsp3) is 0.385. The van der Waals surface area contributed by atoms with E-state index in [1.165, 1.54) is 6.07 Å². The van der Waals surface area contributed by atoms with Crippen LogP contribution in [0.4, 0.5) is 5.69 Å². The zero-order chi connectivity index (χ0) is 14.7. The minimum Gasteiger partial charge on any atom is -0.478 e. The molecule has 1 amide bonds. The number of carboxylic acids is 1. The highest BCUT2D eigenvalue weighted by Gasteiger charge is 2.28. The van der Waals surface area contributed by atoms with Gasteiger partial charge < -0.3 is 21.3 Å². The number of hydrogen-bond donors (Lipinski definition) is 3. The van der Waals surface area contributed by atoms with Crippen molar-refractivity contribution in [1.82, 2.24) is 4.90 Å². The van der Waals surface area contributed by atoms with Gasteiger partial charge >= 0.3 is 5.97 Å². The van der Waals surface area contributed by atoms with E-state index in [0.717, 1.165) is 0 Å². The highest BCUT2D eigenvalue weighted by atomic mass is 16.5. The summed E-state index contributed by atoms with van der Waals surface area (Å²) in [7, 11) is 0. The van der Waals surface area contributed by atoms with Crippen LogP contribution >= 0.6 is 0 Å². The monoisotopic (exact) mass is 279 g/mol. The molecule has 7 heteroatoms. The van der Waals surface area contributed by atoms with Crippen LogP contribution in [0, 0.1) is 0 Å². The summed E-state index contributed by atoms with van der Waals surface area (Å²) in [5.41, 5.74) is 11.9. The Morgan fingerprint density at radius 2 is 2.20 bits per heavy atom. The van der Waals surface area contributed by atoms with Crippen molar-refractivity contribution in [2.24, 2.45) is 5.73 Å². The number of ether oxygens (including phenoxy) is 1. The number of anilines is 1. The Hall–Kier alpha value is -2.12. The molecular weight excluding hydrogens is 262 g/mol. The van der Waals surface area contributed by atoms with Crippen LogP contribution in [0.3, 0.4) is 0 Å². The second-order valence-corrected chi connectivity index (χ2v) is 4.65. The van der Waals surface area contributed by atoms with Crippen molar-refractivity contribution in [3.8, 4) is 0 Å². The minimum absolute atomic E-state index is 0.0715. The highest BCUT2D eigenvalue weighted by Crippen LogP contribution is 2.20. The van der Waals surface area contributed by atoms with Gasteiger partial charge in [0.25, 0.3) is 0 Å². The van der Waals surface area contributed by atoms with Crippen LogP contribution < -0.4 is 11.5 Å². The number of morpholine rings is 1. The lowest BCUT2D eigenvalue weighted by atomic mass is 10.0. The molecule has 1 atom stereocenters. The summed E-state index contributed by atoms with van der Waals surface area (Å²) in [6.45, 7) is 1.51. The van der Waals surface area contributed by atoms with Gasteiger partial charge in [-0.15, -0.1) is 0 Å². The lowest BCUT2D eigenvalue weighted by molar-refractivity contribution is -0.129. The molecule has 1 saturated heterocycles. The van der Waals surface area contributed by atoms with Crippen molar-refractivity contribution in [2.45, 2.75) is 12.6 Å². The Balaban J connectivity index is 2.27. The number of carbonyl (C=O) groups excluding carboxylic acids is 1. The number of benzene rings is 1. The molecule has 1 fully saturated rings. The third-order valence-electron chi connectivity index (χ3n) is 3.34. The smallest absolute Gasteiger partial charge is 0.338 e. The van der Waals surface area contributed by atoms with Crippen LogP contribution in [0.25, 0.3) is 0 Å². The fourth-order valence-corrected chi connectivity index (χ4v) is 2.32. The minimum atomic E-state index is -1.08. The van der Waals surface area contributed by atoms with Crippen molar-refractivity contribution in [3.63, 3.8) is 0 Å². The quantitative estimate of drug-likeness (QED) is 0.648. The lowest BCUT2D eigenvalue weighted by Gasteiger charge is -2.33. The maximum atomic E-state index is 11.4. The van der Waals surface area contributed by atoms with Crippen molar-refractivity contribution < 1.29 is 19.4 Å². The Bertz CT molecular complexity index is 532. The van der Waals surface area contributed by atoms with Crippen LogP contribution in [-0.2, 0) is 16.1 Å². The maximum Gasteiger partial charge on any atom is 0.338 e. The number of nitrogens with zero attached hydrogens (tertiary/aromatic N) is 1. The molecule has 0 spiro atoms. The van der Waals surface area contributed by atoms with E-state index in [1.54, 1.807) is 12.1 Å². The topological polar surface area (TPSA) is 119 Å². The molecule has 0 aromatic heterocycles. The van der Waals surface area contributed by atoms with Gasteiger partial charge in [-0.25, -0.2) is 4.79 Å². The van der Waals surface area contributed by atoms with Gasteiger partial charge in [0.1, 0.15) is 6.04 Å². The summed E-state index contributed by atoms with van der Waals surface area (Å²) in [5.74, 6) is -1.56. The highest BCUT2D eigenvalue weighted by molar-refractivity contribution is 5.95. The summed E-state index contributed by atoms with van der Waals surface area (Å²) >= 11 is 0. The third-order valence-corrected chi connectivity index (χ3v) is 3.34. The molecule has 108 valence electrons. The molecule has 0 radical (unpaired) electrons. The average molecular weight is 279 g/mol. The van der Waals surface area contributed by atoms with E-state index in [-0.39, 0.29) is 17.9 Å². The van der Waals surface area contributed by atoms with Crippen molar-refractivity contribution >= 4 is 17.6 Å². The Labute approximate surface area is 116 Å². The molecule has 20 heavy (non-hydrogen) atoms. The molecule has 1 aromatic rings. The van der Waals surface area contributed by atoms with Gasteiger partial charge in [-0.2, -0.15) is 0 Å². The van der Waals surface area contributed by atoms with Crippen LogP contribution in [0.5, 0.6) is 0 Å². The summed E-state index contributed by atoms with van der Waals surface area (Å²) in [5, 5.41) is 9.24. The molecule has 7 nitrogen and oxygen atoms in total. The van der Waals surface area contributed by atoms with Crippen molar-refractivity contribution in [1.29, 1.82) is 0 Å². The number of carbonyl (C=O) groups is 2. The predicted octanol–water partition coefficient (Wildman–Crippen LogP) is -0.347. The van der Waals surface area contributed by atoms with Crippen molar-refractivity contribution in [2.75, 3.05) is 25.5 Å². The second-order valence-electron chi connectivity index (χ2n) is 4.65. The molecule has 1 heterocycles. The third kappa shape index (κ3) is 2.89. The molecule has 1 aromatic carbocycles. The van der Waals surface area contributed by atoms with Crippen LogP contribution in [0.15, 0.2) is 18.2 Å². The number of hydrogen-bond acceptors (Lipinski definition) is 5.